The first-order chi connectivity index (χ1) is 9.18. The van der Waals surface area contributed by atoms with Crippen molar-refractivity contribution in [2.24, 2.45) is 0 Å². The third-order valence-electron chi connectivity index (χ3n) is 3.63. The van der Waals surface area contributed by atoms with Crippen LogP contribution in [-0.4, -0.2) is 25.0 Å². The predicted molar refractivity (Wildman–Crippen MR) is 80.0 cm³/mol. The van der Waals surface area contributed by atoms with Crippen LogP contribution in [-0.2, 0) is 6.54 Å². The van der Waals surface area contributed by atoms with E-state index < -0.39 is 0 Å². The number of rotatable bonds is 3. The molecule has 2 aromatic heterocycles. The van der Waals surface area contributed by atoms with Crippen molar-refractivity contribution < 1.29 is 0 Å². The summed E-state index contributed by atoms with van der Waals surface area (Å²) >= 11 is 2.06. The van der Waals surface area contributed by atoms with E-state index in [0.717, 1.165) is 17.8 Å². The topological polar surface area (TPSA) is 56.7 Å². The standard InChI is InChI=1S/C14H18N4S/c1-14(5-3-7-19-14)9-18-10-16-8-12(18)11-4-2-6-17-13(11)15/h2,4,6,8,10H,3,5,7,9H2,1H3,(H2,15,17). The molecule has 2 N–H and O–H groups in total. The maximum absolute atomic E-state index is 5.96. The summed E-state index contributed by atoms with van der Waals surface area (Å²) in [6.45, 7) is 3.31. The highest BCUT2D eigenvalue weighted by Crippen LogP contribution is 2.40. The Morgan fingerprint density at radius 3 is 3.16 bits per heavy atom. The highest BCUT2D eigenvalue weighted by molar-refractivity contribution is 8.00. The summed E-state index contributed by atoms with van der Waals surface area (Å²) in [6, 6.07) is 3.91. The summed E-state index contributed by atoms with van der Waals surface area (Å²) in [4.78, 5) is 8.44. The van der Waals surface area contributed by atoms with E-state index in [4.69, 9.17) is 5.73 Å². The molecule has 2 aromatic rings. The Morgan fingerprint density at radius 1 is 1.53 bits per heavy atom. The van der Waals surface area contributed by atoms with Gasteiger partial charge in [-0.2, -0.15) is 11.8 Å². The zero-order valence-corrected chi connectivity index (χ0v) is 11.9. The van der Waals surface area contributed by atoms with Crippen molar-refractivity contribution in [2.75, 3.05) is 11.5 Å². The van der Waals surface area contributed by atoms with Gasteiger partial charge in [-0.25, -0.2) is 9.97 Å². The van der Waals surface area contributed by atoms with Crippen molar-refractivity contribution in [3.8, 4) is 11.3 Å². The van der Waals surface area contributed by atoms with Gasteiger partial charge in [-0.05, 0) is 37.7 Å². The normalized spacial score (nSPS) is 22.8. The number of hydrogen-bond donors (Lipinski definition) is 1. The van der Waals surface area contributed by atoms with E-state index in [1.165, 1.54) is 18.6 Å². The minimum absolute atomic E-state index is 0.312. The third-order valence-corrected chi connectivity index (χ3v) is 5.16. The highest BCUT2D eigenvalue weighted by Gasteiger charge is 2.30. The fourth-order valence-corrected chi connectivity index (χ4v) is 3.93. The van der Waals surface area contributed by atoms with Crippen LogP contribution < -0.4 is 5.73 Å². The molecule has 0 aromatic carbocycles. The highest BCUT2D eigenvalue weighted by atomic mass is 32.2. The van der Waals surface area contributed by atoms with Gasteiger partial charge in [0.15, 0.2) is 0 Å². The first kappa shape index (κ1) is 12.5. The van der Waals surface area contributed by atoms with Gasteiger partial charge in [0, 0.05) is 23.1 Å². The van der Waals surface area contributed by atoms with Crippen molar-refractivity contribution in [3.05, 3.63) is 30.9 Å². The molecule has 1 saturated heterocycles. The number of nitrogens with two attached hydrogens (primary N) is 1. The van der Waals surface area contributed by atoms with Gasteiger partial charge >= 0.3 is 0 Å². The number of thioether (sulfide) groups is 1. The zero-order valence-electron chi connectivity index (χ0n) is 11.0. The quantitative estimate of drug-likeness (QED) is 0.935. The van der Waals surface area contributed by atoms with Crippen molar-refractivity contribution in [1.82, 2.24) is 14.5 Å². The molecule has 4 nitrogen and oxygen atoms in total. The zero-order chi connectivity index (χ0) is 13.3. The summed E-state index contributed by atoms with van der Waals surface area (Å²) in [7, 11) is 0. The lowest BCUT2D eigenvalue weighted by atomic mass is 10.1. The Labute approximate surface area is 117 Å². The Kier molecular flexibility index (Phi) is 3.22. The number of aromatic nitrogens is 3. The maximum atomic E-state index is 5.96. The van der Waals surface area contributed by atoms with E-state index in [9.17, 15) is 0 Å². The van der Waals surface area contributed by atoms with Gasteiger partial charge in [0.05, 0.1) is 18.2 Å². The summed E-state index contributed by atoms with van der Waals surface area (Å²) < 4.78 is 2.51. The lowest BCUT2D eigenvalue weighted by Crippen LogP contribution is -2.23. The smallest absolute Gasteiger partial charge is 0.132 e. The molecule has 1 atom stereocenters. The number of pyridine rings is 1. The SMILES string of the molecule is CC1(Cn2cncc2-c2cccnc2N)CCCS1. The summed E-state index contributed by atoms with van der Waals surface area (Å²) in [5.41, 5.74) is 7.98. The van der Waals surface area contributed by atoms with Crippen molar-refractivity contribution in [2.45, 2.75) is 31.1 Å². The molecule has 1 aliphatic heterocycles. The van der Waals surface area contributed by atoms with Crippen LogP contribution in [0.15, 0.2) is 30.9 Å². The van der Waals surface area contributed by atoms with Crippen molar-refractivity contribution in [1.29, 1.82) is 0 Å². The molecule has 5 heteroatoms. The van der Waals surface area contributed by atoms with Crippen molar-refractivity contribution in [3.63, 3.8) is 0 Å². The van der Waals surface area contributed by atoms with Gasteiger partial charge in [-0.3, -0.25) is 0 Å². The molecular formula is C14H18N4S. The molecule has 0 amide bonds. The average molecular weight is 274 g/mol. The Hall–Kier alpha value is -1.49. The second kappa shape index (κ2) is 4.89. The van der Waals surface area contributed by atoms with Gasteiger partial charge in [0.25, 0.3) is 0 Å². The Bertz CT molecular complexity index is 572. The number of anilines is 1. The first-order valence-electron chi connectivity index (χ1n) is 6.53. The molecule has 1 fully saturated rings. The minimum atomic E-state index is 0.312. The van der Waals surface area contributed by atoms with Crippen LogP contribution in [0.2, 0.25) is 0 Å². The molecule has 3 rings (SSSR count). The lowest BCUT2D eigenvalue weighted by Gasteiger charge is -2.24. The summed E-state index contributed by atoms with van der Waals surface area (Å²) in [5, 5.41) is 0. The molecule has 0 aliphatic carbocycles. The fourth-order valence-electron chi connectivity index (χ4n) is 2.63. The molecule has 1 aliphatic rings. The van der Waals surface area contributed by atoms with Crippen LogP contribution in [0.4, 0.5) is 5.82 Å². The van der Waals surface area contributed by atoms with Crippen LogP contribution in [0.1, 0.15) is 19.8 Å². The van der Waals surface area contributed by atoms with E-state index in [1.807, 2.05) is 24.7 Å². The second-order valence-electron chi connectivity index (χ2n) is 5.24. The molecular weight excluding hydrogens is 256 g/mol. The van der Waals surface area contributed by atoms with Crippen LogP contribution in [0.25, 0.3) is 11.3 Å². The molecule has 19 heavy (non-hydrogen) atoms. The monoisotopic (exact) mass is 274 g/mol. The van der Waals surface area contributed by atoms with Gasteiger partial charge in [-0.15, -0.1) is 0 Å². The molecule has 0 spiro atoms. The van der Waals surface area contributed by atoms with Crippen LogP contribution in [0.3, 0.4) is 0 Å². The largest absolute Gasteiger partial charge is 0.383 e. The minimum Gasteiger partial charge on any atom is -0.383 e. The molecule has 3 heterocycles. The number of hydrogen-bond acceptors (Lipinski definition) is 4. The second-order valence-corrected chi connectivity index (χ2v) is 6.93. The van der Waals surface area contributed by atoms with E-state index >= 15 is 0 Å². The van der Waals surface area contributed by atoms with Crippen molar-refractivity contribution >= 4 is 17.6 Å². The number of imidazole rings is 1. The molecule has 1 unspecified atom stereocenters. The molecule has 100 valence electrons. The predicted octanol–water partition coefficient (Wildman–Crippen LogP) is 2.81. The van der Waals surface area contributed by atoms with Gasteiger partial charge in [0.1, 0.15) is 5.82 Å². The van der Waals surface area contributed by atoms with Gasteiger partial charge in [0.2, 0.25) is 0 Å². The van der Waals surface area contributed by atoms with E-state index in [1.54, 1.807) is 6.20 Å². The first-order valence-corrected chi connectivity index (χ1v) is 7.51. The molecule has 0 saturated carbocycles. The van der Waals surface area contributed by atoms with E-state index in [0.29, 0.717) is 10.6 Å². The maximum Gasteiger partial charge on any atom is 0.132 e. The Balaban J connectivity index is 1.93. The summed E-state index contributed by atoms with van der Waals surface area (Å²) in [6.07, 6.45) is 8.05. The third kappa shape index (κ3) is 2.47. The summed E-state index contributed by atoms with van der Waals surface area (Å²) in [5.74, 6) is 1.82. The number of nitrogens with zero attached hydrogens (tertiary/aromatic N) is 3. The lowest BCUT2D eigenvalue weighted by molar-refractivity contribution is 0.513. The average Bonchev–Trinajstić information content (AvgIpc) is 3.00. The fraction of sp³-hybridized carbons (Fsp3) is 0.429. The van der Waals surface area contributed by atoms with E-state index in [2.05, 4.69) is 33.2 Å². The van der Waals surface area contributed by atoms with Gasteiger partial charge < -0.3 is 10.3 Å². The van der Waals surface area contributed by atoms with Crippen LogP contribution >= 0.6 is 11.8 Å². The van der Waals surface area contributed by atoms with Crippen LogP contribution in [0.5, 0.6) is 0 Å². The van der Waals surface area contributed by atoms with Gasteiger partial charge in [-0.1, -0.05) is 0 Å². The molecule has 0 bridgehead atoms. The number of nitrogen functional groups attached to an aromatic ring is 1. The Morgan fingerprint density at radius 2 is 2.42 bits per heavy atom. The van der Waals surface area contributed by atoms with E-state index in [-0.39, 0.29) is 0 Å². The van der Waals surface area contributed by atoms with Crippen LogP contribution in [0, 0.1) is 0 Å². The molecule has 0 radical (unpaired) electrons.